The zero-order chi connectivity index (χ0) is 14.4. The molecule has 0 aliphatic carbocycles. The number of aryl methyl sites for hydroxylation is 1. The lowest BCUT2D eigenvalue weighted by Crippen LogP contribution is -2.04. The Hall–Kier alpha value is -2.60. The van der Waals surface area contributed by atoms with Crippen LogP contribution >= 0.6 is 0 Å². The Labute approximate surface area is 118 Å². The summed E-state index contributed by atoms with van der Waals surface area (Å²) in [6, 6.07) is 18.8. The van der Waals surface area contributed by atoms with Gasteiger partial charge in [-0.05, 0) is 30.0 Å². The van der Waals surface area contributed by atoms with Gasteiger partial charge >= 0.3 is 5.97 Å². The number of carboxylic acids is 1. The molecule has 0 fully saturated rings. The van der Waals surface area contributed by atoms with Gasteiger partial charge in [-0.1, -0.05) is 48.5 Å². The van der Waals surface area contributed by atoms with E-state index in [9.17, 15) is 10.1 Å². The van der Waals surface area contributed by atoms with E-state index in [1.54, 1.807) is 12.1 Å². The van der Waals surface area contributed by atoms with E-state index in [1.165, 1.54) is 0 Å². The van der Waals surface area contributed by atoms with Crippen molar-refractivity contribution in [3.63, 3.8) is 0 Å². The van der Waals surface area contributed by atoms with E-state index in [1.807, 2.05) is 42.5 Å². The zero-order valence-corrected chi connectivity index (χ0v) is 11.0. The van der Waals surface area contributed by atoms with Gasteiger partial charge < -0.3 is 5.11 Å². The summed E-state index contributed by atoms with van der Waals surface area (Å²) in [4.78, 5) is 11.1. The highest BCUT2D eigenvalue weighted by molar-refractivity contribution is 5.89. The lowest BCUT2D eigenvalue weighted by atomic mass is 9.92. The number of rotatable bonds is 5. The summed E-state index contributed by atoms with van der Waals surface area (Å²) in [6.45, 7) is 0. The third-order valence-electron chi connectivity index (χ3n) is 3.31. The van der Waals surface area contributed by atoms with Crippen LogP contribution in [0.1, 0.15) is 33.8 Å². The number of hydrogen-bond donors (Lipinski definition) is 1. The number of benzene rings is 2. The highest BCUT2D eigenvalue weighted by Crippen LogP contribution is 2.22. The molecule has 0 saturated carbocycles. The van der Waals surface area contributed by atoms with Crippen LogP contribution in [0.25, 0.3) is 0 Å². The Morgan fingerprint density at radius 1 is 1.10 bits per heavy atom. The minimum Gasteiger partial charge on any atom is -0.478 e. The summed E-state index contributed by atoms with van der Waals surface area (Å²) in [5, 5.41) is 18.4. The van der Waals surface area contributed by atoms with E-state index < -0.39 is 5.97 Å². The normalized spacial score (nSPS) is 11.6. The first-order chi connectivity index (χ1) is 9.72. The van der Waals surface area contributed by atoms with Crippen molar-refractivity contribution in [1.82, 2.24) is 0 Å². The second-order valence-corrected chi connectivity index (χ2v) is 4.59. The largest absolute Gasteiger partial charge is 0.478 e. The van der Waals surface area contributed by atoms with E-state index in [0.29, 0.717) is 18.4 Å². The summed E-state index contributed by atoms with van der Waals surface area (Å²) in [5.41, 5.74) is 2.07. The molecule has 0 saturated heterocycles. The second kappa shape index (κ2) is 6.53. The fourth-order valence-electron chi connectivity index (χ4n) is 2.24. The number of nitriles is 1. The van der Waals surface area contributed by atoms with Crippen molar-refractivity contribution in [2.24, 2.45) is 0 Å². The summed E-state index contributed by atoms with van der Waals surface area (Å²) in [7, 11) is 0. The topological polar surface area (TPSA) is 61.1 Å². The van der Waals surface area contributed by atoms with Crippen LogP contribution in [-0.4, -0.2) is 11.1 Å². The molecular weight excluding hydrogens is 250 g/mol. The molecule has 3 nitrogen and oxygen atoms in total. The van der Waals surface area contributed by atoms with Crippen LogP contribution in [0.3, 0.4) is 0 Å². The van der Waals surface area contributed by atoms with Crippen LogP contribution in [0, 0.1) is 11.3 Å². The van der Waals surface area contributed by atoms with Crippen LogP contribution in [0.4, 0.5) is 0 Å². The zero-order valence-electron chi connectivity index (χ0n) is 11.0. The monoisotopic (exact) mass is 265 g/mol. The molecule has 0 aromatic heterocycles. The van der Waals surface area contributed by atoms with Crippen LogP contribution in [0.15, 0.2) is 54.6 Å². The molecule has 2 aromatic carbocycles. The standard InChI is InChI=1S/C17H15NO2/c18-12-15(13-6-2-1-3-7-13)11-10-14-8-4-5-9-16(14)17(19)20/h1-9,15H,10-11H2,(H,19,20). The summed E-state index contributed by atoms with van der Waals surface area (Å²) < 4.78 is 0. The van der Waals surface area contributed by atoms with Crippen molar-refractivity contribution in [2.45, 2.75) is 18.8 Å². The third-order valence-corrected chi connectivity index (χ3v) is 3.31. The number of hydrogen-bond acceptors (Lipinski definition) is 2. The van der Waals surface area contributed by atoms with Crippen LogP contribution in [0.5, 0.6) is 0 Å². The summed E-state index contributed by atoms with van der Waals surface area (Å²) in [6.07, 6.45) is 1.19. The molecule has 3 heteroatoms. The quantitative estimate of drug-likeness (QED) is 0.898. The smallest absolute Gasteiger partial charge is 0.335 e. The first kappa shape index (κ1) is 13.8. The van der Waals surface area contributed by atoms with Gasteiger partial charge in [-0.3, -0.25) is 0 Å². The number of carboxylic acid groups (broad SMARTS) is 1. The molecule has 0 aliphatic heterocycles. The first-order valence-electron chi connectivity index (χ1n) is 6.48. The highest BCUT2D eigenvalue weighted by atomic mass is 16.4. The van der Waals surface area contributed by atoms with Crippen molar-refractivity contribution < 1.29 is 9.90 Å². The molecule has 0 aliphatic rings. The van der Waals surface area contributed by atoms with Crippen LogP contribution in [0.2, 0.25) is 0 Å². The molecule has 1 unspecified atom stereocenters. The van der Waals surface area contributed by atoms with Gasteiger partial charge in [0.05, 0.1) is 17.6 Å². The van der Waals surface area contributed by atoms with Gasteiger partial charge in [-0.15, -0.1) is 0 Å². The molecule has 0 amide bonds. The number of nitrogens with zero attached hydrogens (tertiary/aromatic N) is 1. The van der Waals surface area contributed by atoms with Crippen molar-refractivity contribution >= 4 is 5.97 Å². The average Bonchev–Trinajstić information content (AvgIpc) is 2.49. The van der Waals surface area contributed by atoms with Crippen LogP contribution in [-0.2, 0) is 6.42 Å². The van der Waals surface area contributed by atoms with Crippen molar-refractivity contribution in [3.8, 4) is 6.07 Å². The Morgan fingerprint density at radius 2 is 1.75 bits per heavy atom. The highest BCUT2D eigenvalue weighted by Gasteiger charge is 2.13. The van der Waals surface area contributed by atoms with Gasteiger partial charge in [0.15, 0.2) is 0 Å². The maximum Gasteiger partial charge on any atom is 0.335 e. The molecule has 2 rings (SSSR count). The van der Waals surface area contributed by atoms with Gasteiger partial charge in [-0.2, -0.15) is 5.26 Å². The number of carbonyl (C=O) groups is 1. The molecule has 0 radical (unpaired) electrons. The maximum atomic E-state index is 11.1. The fraction of sp³-hybridized carbons (Fsp3) is 0.176. The maximum absolute atomic E-state index is 11.1. The van der Waals surface area contributed by atoms with Crippen molar-refractivity contribution in [1.29, 1.82) is 5.26 Å². The van der Waals surface area contributed by atoms with E-state index in [-0.39, 0.29) is 5.92 Å². The Morgan fingerprint density at radius 3 is 2.40 bits per heavy atom. The van der Waals surface area contributed by atoms with Gasteiger partial charge in [0, 0.05) is 0 Å². The Balaban J connectivity index is 2.12. The minimum absolute atomic E-state index is 0.210. The van der Waals surface area contributed by atoms with E-state index in [4.69, 9.17) is 5.11 Å². The molecule has 2 aromatic rings. The molecule has 100 valence electrons. The molecule has 0 spiro atoms. The molecular formula is C17H15NO2. The fourth-order valence-corrected chi connectivity index (χ4v) is 2.24. The summed E-state index contributed by atoms with van der Waals surface area (Å²) >= 11 is 0. The lowest BCUT2D eigenvalue weighted by Gasteiger charge is -2.10. The van der Waals surface area contributed by atoms with Gasteiger partial charge in [0.25, 0.3) is 0 Å². The molecule has 0 heterocycles. The van der Waals surface area contributed by atoms with Gasteiger partial charge in [-0.25, -0.2) is 4.79 Å². The molecule has 20 heavy (non-hydrogen) atoms. The molecule has 1 atom stereocenters. The SMILES string of the molecule is N#CC(CCc1ccccc1C(=O)O)c1ccccc1. The molecule has 1 N–H and O–H groups in total. The predicted octanol–water partition coefficient (Wildman–Crippen LogP) is 3.62. The Kier molecular flexibility index (Phi) is 4.52. The predicted molar refractivity (Wildman–Crippen MR) is 76.5 cm³/mol. The second-order valence-electron chi connectivity index (χ2n) is 4.59. The third kappa shape index (κ3) is 3.24. The van der Waals surface area contributed by atoms with Crippen molar-refractivity contribution in [3.05, 3.63) is 71.3 Å². The average molecular weight is 265 g/mol. The van der Waals surface area contributed by atoms with E-state index in [2.05, 4.69) is 6.07 Å². The van der Waals surface area contributed by atoms with Gasteiger partial charge in [0.2, 0.25) is 0 Å². The minimum atomic E-state index is -0.922. The Bertz CT molecular complexity index is 629. The van der Waals surface area contributed by atoms with Crippen molar-refractivity contribution in [2.75, 3.05) is 0 Å². The lowest BCUT2D eigenvalue weighted by molar-refractivity contribution is 0.0695. The van der Waals surface area contributed by atoms with Gasteiger partial charge in [0.1, 0.15) is 0 Å². The number of aromatic carboxylic acids is 1. The first-order valence-corrected chi connectivity index (χ1v) is 6.48. The summed E-state index contributed by atoms with van der Waals surface area (Å²) in [5.74, 6) is -1.13. The van der Waals surface area contributed by atoms with E-state index in [0.717, 1.165) is 11.1 Å². The van der Waals surface area contributed by atoms with E-state index >= 15 is 0 Å². The van der Waals surface area contributed by atoms with Crippen LogP contribution < -0.4 is 0 Å². The molecule has 0 bridgehead atoms.